The van der Waals surface area contributed by atoms with E-state index in [9.17, 15) is 0 Å². The van der Waals surface area contributed by atoms with Crippen LogP contribution in [-0.4, -0.2) is 28.3 Å². The molecular weight excluding hydrogens is 214 g/mol. The molecule has 0 radical (unpaired) electrons. The van der Waals surface area contributed by atoms with Gasteiger partial charge in [0.15, 0.2) is 0 Å². The predicted octanol–water partition coefficient (Wildman–Crippen LogP) is 1.62. The molecule has 2 heterocycles. The van der Waals surface area contributed by atoms with Crippen molar-refractivity contribution in [1.82, 2.24) is 14.9 Å². The molecule has 4 heteroatoms. The fourth-order valence-corrected chi connectivity index (χ4v) is 2.43. The minimum Gasteiger partial charge on any atom is -0.376 e. The summed E-state index contributed by atoms with van der Waals surface area (Å²) in [6.45, 7) is 4.91. The summed E-state index contributed by atoms with van der Waals surface area (Å²) in [6.07, 6.45) is 7.45. The van der Waals surface area contributed by atoms with Crippen molar-refractivity contribution >= 4 is 0 Å². The normalized spacial score (nSPS) is 24.4. The monoisotopic (exact) mass is 235 g/mol. The minimum atomic E-state index is 0.391. The Balaban J connectivity index is 1.64. The topological polar surface area (TPSA) is 39.1 Å². The van der Waals surface area contributed by atoms with Crippen molar-refractivity contribution in [3.63, 3.8) is 0 Å². The molecule has 0 spiro atoms. The van der Waals surface area contributed by atoms with Crippen LogP contribution < -0.4 is 5.32 Å². The Bertz CT molecular complexity index is 378. The highest BCUT2D eigenvalue weighted by atomic mass is 16.5. The SMILES string of the molecule is Cc1ncc(CNC2CC2)n1CC1CCCO1. The molecule has 0 amide bonds. The molecule has 1 aromatic rings. The van der Waals surface area contributed by atoms with Gasteiger partial charge in [-0.3, -0.25) is 0 Å². The summed E-state index contributed by atoms with van der Waals surface area (Å²) in [5.74, 6) is 1.10. The van der Waals surface area contributed by atoms with Crippen LogP contribution in [0.1, 0.15) is 37.2 Å². The van der Waals surface area contributed by atoms with E-state index in [1.807, 2.05) is 6.20 Å². The molecule has 1 atom stereocenters. The molecule has 1 saturated carbocycles. The van der Waals surface area contributed by atoms with Gasteiger partial charge in [0.25, 0.3) is 0 Å². The van der Waals surface area contributed by atoms with Gasteiger partial charge in [0.1, 0.15) is 5.82 Å². The van der Waals surface area contributed by atoms with E-state index in [2.05, 4.69) is 21.8 Å². The average molecular weight is 235 g/mol. The number of nitrogens with zero attached hydrogens (tertiary/aromatic N) is 2. The van der Waals surface area contributed by atoms with Gasteiger partial charge in [-0.05, 0) is 32.6 Å². The molecule has 94 valence electrons. The second-order valence-electron chi connectivity index (χ2n) is 5.20. The lowest BCUT2D eigenvalue weighted by molar-refractivity contribution is 0.0957. The Morgan fingerprint density at radius 1 is 1.47 bits per heavy atom. The Hall–Kier alpha value is -0.870. The van der Waals surface area contributed by atoms with Gasteiger partial charge in [-0.2, -0.15) is 0 Å². The summed E-state index contributed by atoms with van der Waals surface area (Å²) < 4.78 is 8.02. The fraction of sp³-hybridized carbons (Fsp3) is 0.769. The largest absolute Gasteiger partial charge is 0.376 e. The molecule has 1 aliphatic carbocycles. The summed E-state index contributed by atoms with van der Waals surface area (Å²) in [7, 11) is 0. The summed E-state index contributed by atoms with van der Waals surface area (Å²) in [4.78, 5) is 4.42. The molecule has 1 unspecified atom stereocenters. The lowest BCUT2D eigenvalue weighted by atomic mass is 10.2. The van der Waals surface area contributed by atoms with Crippen molar-refractivity contribution in [2.24, 2.45) is 0 Å². The van der Waals surface area contributed by atoms with Crippen LogP contribution in [-0.2, 0) is 17.8 Å². The van der Waals surface area contributed by atoms with Crippen molar-refractivity contribution in [3.8, 4) is 0 Å². The molecule has 0 bridgehead atoms. The molecular formula is C13H21N3O. The Labute approximate surface area is 102 Å². The van der Waals surface area contributed by atoms with Crippen LogP contribution in [0.4, 0.5) is 0 Å². The van der Waals surface area contributed by atoms with Gasteiger partial charge in [0, 0.05) is 25.4 Å². The van der Waals surface area contributed by atoms with E-state index in [-0.39, 0.29) is 0 Å². The smallest absolute Gasteiger partial charge is 0.105 e. The molecule has 3 rings (SSSR count). The van der Waals surface area contributed by atoms with Crippen LogP contribution in [0.25, 0.3) is 0 Å². The number of rotatable bonds is 5. The maximum absolute atomic E-state index is 5.71. The van der Waals surface area contributed by atoms with Crippen LogP contribution in [0.5, 0.6) is 0 Å². The second-order valence-corrected chi connectivity index (χ2v) is 5.20. The van der Waals surface area contributed by atoms with Gasteiger partial charge in [-0.1, -0.05) is 0 Å². The summed E-state index contributed by atoms with van der Waals surface area (Å²) in [5, 5.41) is 3.55. The first-order chi connectivity index (χ1) is 8.33. The molecule has 1 N–H and O–H groups in total. The highest BCUT2D eigenvalue weighted by Gasteiger charge is 2.22. The molecule has 0 aromatic carbocycles. The van der Waals surface area contributed by atoms with Crippen molar-refractivity contribution in [2.75, 3.05) is 6.61 Å². The van der Waals surface area contributed by atoms with Gasteiger partial charge in [0.2, 0.25) is 0 Å². The van der Waals surface area contributed by atoms with E-state index in [0.717, 1.165) is 31.6 Å². The Morgan fingerprint density at radius 3 is 3.06 bits per heavy atom. The van der Waals surface area contributed by atoms with Gasteiger partial charge in [0.05, 0.1) is 18.3 Å². The molecule has 4 nitrogen and oxygen atoms in total. The third-order valence-electron chi connectivity index (χ3n) is 3.70. The molecule has 1 aliphatic heterocycles. The van der Waals surface area contributed by atoms with E-state index in [1.54, 1.807) is 0 Å². The zero-order valence-corrected chi connectivity index (χ0v) is 10.5. The van der Waals surface area contributed by atoms with Crippen LogP contribution in [0.15, 0.2) is 6.20 Å². The van der Waals surface area contributed by atoms with Crippen LogP contribution in [0.3, 0.4) is 0 Å². The van der Waals surface area contributed by atoms with E-state index >= 15 is 0 Å². The first-order valence-corrected chi connectivity index (χ1v) is 6.69. The summed E-state index contributed by atoms with van der Waals surface area (Å²) in [5.41, 5.74) is 1.30. The van der Waals surface area contributed by atoms with Crippen molar-refractivity contribution in [1.29, 1.82) is 0 Å². The zero-order valence-electron chi connectivity index (χ0n) is 10.5. The van der Waals surface area contributed by atoms with Gasteiger partial charge in [-0.25, -0.2) is 4.98 Å². The van der Waals surface area contributed by atoms with Crippen molar-refractivity contribution < 1.29 is 4.74 Å². The fourth-order valence-electron chi connectivity index (χ4n) is 2.43. The van der Waals surface area contributed by atoms with Crippen LogP contribution >= 0.6 is 0 Å². The lowest BCUT2D eigenvalue weighted by Gasteiger charge is -2.15. The van der Waals surface area contributed by atoms with Gasteiger partial charge < -0.3 is 14.6 Å². The number of nitrogens with one attached hydrogen (secondary N) is 1. The highest BCUT2D eigenvalue weighted by Crippen LogP contribution is 2.20. The van der Waals surface area contributed by atoms with Crippen molar-refractivity contribution in [2.45, 2.75) is 57.8 Å². The number of aromatic nitrogens is 2. The molecule has 1 saturated heterocycles. The van der Waals surface area contributed by atoms with Gasteiger partial charge in [-0.15, -0.1) is 0 Å². The van der Waals surface area contributed by atoms with Gasteiger partial charge >= 0.3 is 0 Å². The second kappa shape index (κ2) is 4.78. The maximum Gasteiger partial charge on any atom is 0.105 e. The average Bonchev–Trinajstić information content (AvgIpc) is 2.90. The number of imidazole rings is 1. The van der Waals surface area contributed by atoms with E-state index in [4.69, 9.17) is 4.74 Å². The number of aryl methyl sites for hydroxylation is 1. The Morgan fingerprint density at radius 2 is 2.35 bits per heavy atom. The van der Waals surface area contributed by atoms with Crippen molar-refractivity contribution in [3.05, 3.63) is 17.7 Å². The first-order valence-electron chi connectivity index (χ1n) is 6.69. The molecule has 2 aliphatic rings. The van der Waals surface area contributed by atoms with Crippen LogP contribution in [0, 0.1) is 6.92 Å². The lowest BCUT2D eigenvalue weighted by Crippen LogP contribution is -2.22. The minimum absolute atomic E-state index is 0.391. The summed E-state index contributed by atoms with van der Waals surface area (Å²) >= 11 is 0. The molecule has 2 fully saturated rings. The third-order valence-corrected chi connectivity index (χ3v) is 3.70. The van der Waals surface area contributed by atoms with E-state index in [0.29, 0.717) is 6.10 Å². The standard InChI is InChI=1S/C13H21N3O/c1-10-14-7-12(8-15-11-4-5-11)16(10)9-13-3-2-6-17-13/h7,11,13,15H,2-6,8-9H2,1H3. The third kappa shape index (κ3) is 2.69. The molecule has 1 aromatic heterocycles. The maximum atomic E-state index is 5.71. The van der Waals surface area contributed by atoms with E-state index < -0.39 is 0 Å². The zero-order chi connectivity index (χ0) is 11.7. The predicted molar refractivity (Wildman–Crippen MR) is 65.8 cm³/mol. The number of hydrogen-bond donors (Lipinski definition) is 1. The number of ether oxygens (including phenoxy) is 1. The highest BCUT2D eigenvalue weighted by molar-refractivity contribution is 5.05. The Kier molecular flexibility index (Phi) is 3.16. The van der Waals surface area contributed by atoms with Crippen LogP contribution in [0.2, 0.25) is 0 Å². The number of hydrogen-bond acceptors (Lipinski definition) is 3. The molecule has 17 heavy (non-hydrogen) atoms. The summed E-state index contributed by atoms with van der Waals surface area (Å²) in [6, 6.07) is 0.751. The first kappa shape index (κ1) is 11.2. The van der Waals surface area contributed by atoms with E-state index in [1.165, 1.54) is 31.4 Å². The quantitative estimate of drug-likeness (QED) is 0.843.